The zero-order chi connectivity index (χ0) is 55.5. The van der Waals surface area contributed by atoms with Crippen molar-refractivity contribution in [2.24, 2.45) is 0 Å². The molecular weight excluding hydrogens is 1020 g/mol. The molecule has 1 aliphatic heterocycles. The zero-order valence-electron chi connectivity index (χ0n) is 52.8. The van der Waals surface area contributed by atoms with Crippen LogP contribution >= 0.6 is 0 Å². The molecule has 0 bridgehead atoms. The van der Waals surface area contributed by atoms with Crippen LogP contribution in [-0.4, -0.2) is 4.70 Å². The zero-order valence-corrected chi connectivity index (χ0v) is 54.3. The fourth-order valence-corrected chi connectivity index (χ4v) is 11.5. The molecule has 3 rings (SSSR count). The molecule has 1 heterocycles. The Hall–Kier alpha value is -2.08. The Morgan fingerprint density at radius 2 is 0.584 bits per heavy atom. The van der Waals surface area contributed by atoms with Gasteiger partial charge in [0, 0.05) is 16.7 Å². The predicted molar refractivity (Wildman–Crippen MR) is 344 cm³/mol. The Bertz CT molecular complexity index is 1700. The molecule has 0 aromatic heterocycles. The van der Waals surface area contributed by atoms with E-state index < -0.39 is 0 Å². The summed E-state index contributed by atoms with van der Waals surface area (Å²) in [7, 11) is 0. The smallest absolute Gasteiger partial charge is 0.493 e. The fraction of sp³-hybridized carbons (Fsp3) is 0.730. The molecule has 0 saturated heterocycles. The molecule has 1 aliphatic rings. The maximum atomic E-state index is 12.9. The number of nitrogens with zero attached hydrogens (tertiary/aromatic N) is 2. The Kier molecular flexibility index (Phi) is 53.0. The molecule has 444 valence electrons. The first-order chi connectivity index (χ1) is 37.5. The molecule has 3 heteroatoms. The predicted octanol–water partition coefficient (Wildman–Crippen LogP) is 25.8. The van der Waals surface area contributed by atoms with Gasteiger partial charge in [-0.2, -0.15) is 13.8 Å². The molecule has 0 unspecified atom stereocenters. The maximum Gasteiger partial charge on any atom is 2.00 e. The first-order valence-corrected chi connectivity index (χ1v) is 33.8. The topological polar surface area (TPSA) is 25.3 Å². The van der Waals surface area contributed by atoms with E-state index in [0.29, 0.717) is 0 Å². The molecule has 0 amide bonds. The summed E-state index contributed by atoms with van der Waals surface area (Å²) in [4.78, 5) is 0. The Balaban J connectivity index is 0.0000113. The van der Waals surface area contributed by atoms with Crippen molar-refractivity contribution in [1.29, 1.82) is 0 Å². The average molecular weight is 1150 g/mol. The van der Waals surface area contributed by atoms with Gasteiger partial charge in [-0.3, -0.25) is 0 Å². The van der Waals surface area contributed by atoms with Gasteiger partial charge in [0.05, 0.1) is 5.57 Å². The van der Waals surface area contributed by atoms with Gasteiger partial charge in [0.15, 0.2) is 0 Å². The van der Waals surface area contributed by atoms with Gasteiger partial charge in [-0.15, -0.1) is 0 Å². The van der Waals surface area contributed by atoms with Crippen LogP contribution in [0.4, 0.5) is 0 Å². The van der Waals surface area contributed by atoms with Crippen molar-refractivity contribution < 1.29 is 25.1 Å². The van der Waals surface area contributed by atoms with Crippen LogP contribution in [0.1, 0.15) is 358 Å². The number of hydrogen-bond donors (Lipinski definition) is 0. The van der Waals surface area contributed by atoms with Crippen molar-refractivity contribution in [1.82, 2.24) is 0 Å². The maximum absolute atomic E-state index is 12.9. The summed E-state index contributed by atoms with van der Waals surface area (Å²) in [6, 6.07) is 14.8. The number of aryl methyl sites for hydroxylation is 4. The summed E-state index contributed by atoms with van der Waals surface area (Å²) in [5.74, 6) is 0. The van der Waals surface area contributed by atoms with Crippen molar-refractivity contribution in [3.05, 3.63) is 112 Å². The first-order valence-electron chi connectivity index (χ1n) is 33.8. The molecule has 0 fully saturated rings. The van der Waals surface area contributed by atoms with Crippen LogP contribution in [-0.2, 0) is 46.1 Å². The van der Waals surface area contributed by atoms with E-state index in [0.717, 1.165) is 62.8 Å². The van der Waals surface area contributed by atoms with Crippen molar-refractivity contribution in [2.75, 3.05) is 0 Å². The number of rotatable bonds is 49. The molecule has 2 nitrogen and oxygen atoms in total. The number of benzene rings is 2. The van der Waals surface area contributed by atoms with Crippen molar-refractivity contribution in [3.8, 4) is 0 Å². The Morgan fingerprint density at radius 1 is 0.325 bits per heavy atom. The van der Waals surface area contributed by atoms with E-state index in [1.54, 1.807) is 18.5 Å². The molecule has 2 aromatic carbocycles. The largest absolute Gasteiger partial charge is 2.00 e. The van der Waals surface area contributed by atoms with E-state index in [1.807, 2.05) is 0 Å². The van der Waals surface area contributed by atoms with Gasteiger partial charge in [-0.05, 0) is 124 Å². The van der Waals surface area contributed by atoms with E-state index in [-0.39, 0.29) is 20.4 Å². The van der Waals surface area contributed by atoms with Crippen molar-refractivity contribution in [3.63, 3.8) is 0 Å². The SMILES string of the molecule is CCCCCCCCCCCCCCCCCCCCCCCCCCC=CC1=C(c2cc(CCCCCC)cc(CCCCCC)c2)[N+](=[N-])C(c2cc(CCCCC)cc(CCCCC)c2)=C1CCCC.[CH2-]C.[CH2-]C.[Pd+2]. The van der Waals surface area contributed by atoms with Crippen LogP contribution in [0.15, 0.2) is 59.7 Å². The second-order valence-electron chi connectivity index (χ2n) is 22.9. The minimum atomic E-state index is 0. The third-order valence-electron chi connectivity index (χ3n) is 16.0. The Morgan fingerprint density at radius 3 is 0.909 bits per heavy atom. The van der Waals surface area contributed by atoms with E-state index >= 15 is 0 Å². The fourth-order valence-electron chi connectivity index (χ4n) is 11.5. The van der Waals surface area contributed by atoms with Crippen LogP contribution < -0.4 is 0 Å². The van der Waals surface area contributed by atoms with E-state index in [4.69, 9.17) is 0 Å². The van der Waals surface area contributed by atoms with Crippen LogP contribution in [0.25, 0.3) is 16.9 Å². The van der Waals surface area contributed by atoms with Gasteiger partial charge < -0.3 is 19.4 Å². The van der Waals surface area contributed by atoms with E-state index in [9.17, 15) is 5.53 Å². The average Bonchev–Trinajstić information content (AvgIpc) is 3.74. The van der Waals surface area contributed by atoms with Gasteiger partial charge in [-0.25, -0.2) is 4.70 Å². The molecule has 0 spiro atoms. The molecule has 0 aliphatic carbocycles. The quantitative estimate of drug-likeness (QED) is 0.0273. The van der Waals surface area contributed by atoms with E-state index in [2.05, 4.69) is 104 Å². The summed E-state index contributed by atoms with van der Waals surface area (Å²) >= 11 is 0. The summed E-state index contributed by atoms with van der Waals surface area (Å²) < 4.78 is 1.67. The standard InChI is InChI=1S/C70H118N2.2C2H5.Pd/c1-7-13-19-22-23-24-25-26-27-28-29-30-31-32-33-34-35-36-37-38-39-40-41-42-43-48-54-68-67(53-18-12-6)69(65-57-61(49-44-16-10-4)55-62(58-65)50-45-17-11-5)72(71)70(68)66-59-63(51-46-20-14-8-2)56-64(60-66)52-47-21-15-9-3;2*1-2;/h48,54-60H,7-47,49-53H2,1-6H3;2*1H2,2H3;/q;2*-1;+2. The Labute approximate surface area is 496 Å². The van der Waals surface area contributed by atoms with Gasteiger partial charge in [0.1, 0.15) is 0 Å². The number of allylic oxidation sites excluding steroid dienone is 4. The summed E-state index contributed by atoms with van der Waals surface area (Å²) in [6.07, 6.45) is 65.6. The molecular formula is C74H128N2Pd. The van der Waals surface area contributed by atoms with Crippen molar-refractivity contribution >= 4 is 11.4 Å². The number of hydrogen-bond acceptors (Lipinski definition) is 0. The molecule has 0 N–H and O–H groups in total. The minimum absolute atomic E-state index is 0. The molecule has 0 saturated carbocycles. The van der Waals surface area contributed by atoms with Crippen LogP contribution in [0, 0.1) is 13.8 Å². The first kappa shape index (κ1) is 74.9. The molecule has 77 heavy (non-hydrogen) atoms. The summed E-state index contributed by atoms with van der Waals surface area (Å²) in [5.41, 5.74) is 25.7. The number of unbranched alkanes of at least 4 members (excludes halogenated alkanes) is 35. The third kappa shape index (κ3) is 35.4. The minimum Gasteiger partial charge on any atom is -0.493 e. The molecule has 0 atom stereocenters. The second kappa shape index (κ2) is 54.5. The van der Waals surface area contributed by atoms with Gasteiger partial charge in [-0.1, -0.05) is 284 Å². The van der Waals surface area contributed by atoms with Gasteiger partial charge >= 0.3 is 20.4 Å². The summed E-state index contributed by atoms with van der Waals surface area (Å²) in [5, 5.41) is 0. The van der Waals surface area contributed by atoms with E-state index in [1.165, 1.54) is 289 Å². The second-order valence-corrected chi connectivity index (χ2v) is 22.9. The summed E-state index contributed by atoms with van der Waals surface area (Å²) in [6.45, 7) is 23.9. The normalized spacial score (nSPS) is 12.4. The monoisotopic (exact) mass is 1150 g/mol. The van der Waals surface area contributed by atoms with Crippen LogP contribution in [0.3, 0.4) is 0 Å². The molecule has 2 aromatic rings. The molecule has 0 radical (unpaired) electrons. The van der Waals surface area contributed by atoms with Gasteiger partial charge in [0.25, 0.3) is 0 Å². The van der Waals surface area contributed by atoms with Crippen LogP contribution in [0.2, 0.25) is 0 Å². The third-order valence-corrected chi connectivity index (χ3v) is 16.0. The van der Waals surface area contributed by atoms with Gasteiger partial charge in [0.2, 0.25) is 11.4 Å². The van der Waals surface area contributed by atoms with Crippen molar-refractivity contribution in [2.45, 2.75) is 351 Å². The van der Waals surface area contributed by atoms with Crippen LogP contribution in [0.5, 0.6) is 0 Å².